The molecule has 30 heavy (non-hydrogen) atoms. The third kappa shape index (κ3) is 4.36. The van der Waals surface area contributed by atoms with Gasteiger partial charge in [-0.2, -0.15) is 0 Å². The first-order valence-corrected chi connectivity index (χ1v) is 10.5. The van der Waals surface area contributed by atoms with Crippen molar-refractivity contribution in [3.63, 3.8) is 0 Å². The Morgan fingerprint density at radius 1 is 1.20 bits per heavy atom. The number of methoxy groups -OCH3 is 2. The van der Waals surface area contributed by atoms with Gasteiger partial charge in [0.25, 0.3) is 0 Å². The third-order valence-corrected chi connectivity index (χ3v) is 5.59. The third-order valence-electron chi connectivity index (χ3n) is 5.59. The van der Waals surface area contributed by atoms with Crippen LogP contribution in [0.1, 0.15) is 31.7 Å². The van der Waals surface area contributed by atoms with Crippen LogP contribution in [0.4, 0.5) is 0 Å². The van der Waals surface area contributed by atoms with Crippen LogP contribution < -0.4 is 14.2 Å². The Balaban J connectivity index is 1.63. The summed E-state index contributed by atoms with van der Waals surface area (Å²) in [5.74, 6) is 2.06. The summed E-state index contributed by atoms with van der Waals surface area (Å²) < 4.78 is 17.5. The van der Waals surface area contributed by atoms with Gasteiger partial charge in [-0.3, -0.25) is 4.90 Å². The van der Waals surface area contributed by atoms with E-state index in [-0.39, 0.29) is 6.10 Å². The lowest BCUT2D eigenvalue weighted by atomic mass is 10.0. The highest BCUT2D eigenvalue weighted by molar-refractivity contribution is 5.85. The summed E-state index contributed by atoms with van der Waals surface area (Å²) in [6.07, 6.45) is 4.62. The zero-order valence-corrected chi connectivity index (χ0v) is 17.9. The maximum absolute atomic E-state index is 6.26. The molecule has 160 valence electrons. The van der Waals surface area contributed by atoms with Crippen LogP contribution in [0.3, 0.4) is 0 Å². The zero-order valence-electron chi connectivity index (χ0n) is 17.9. The second-order valence-electron chi connectivity index (χ2n) is 7.61. The number of likely N-dealkylation sites (tertiary alicyclic amines) is 1. The summed E-state index contributed by atoms with van der Waals surface area (Å²) in [4.78, 5) is 12.3. The molecular weight excluding hydrogens is 382 g/mol. The van der Waals surface area contributed by atoms with Crippen molar-refractivity contribution in [1.29, 1.82) is 0 Å². The van der Waals surface area contributed by atoms with Crippen LogP contribution in [0.2, 0.25) is 0 Å². The SMILES string of the molecule is CCC1=NOC(COc2c(CN3CCC3)cc(-c3cccnc3OC)cc2OC)C1. The van der Waals surface area contributed by atoms with Crippen LogP contribution in [0.25, 0.3) is 11.1 Å². The minimum atomic E-state index is -0.0559. The zero-order chi connectivity index (χ0) is 20.9. The molecule has 1 atom stereocenters. The molecule has 3 heterocycles. The maximum atomic E-state index is 6.26. The van der Waals surface area contributed by atoms with Crippen LogP contribution in [0.15, 0.2) is 35.6 Å². The van der Waals surface area contributed by atoms with Crippen LogP contribution in [0.5, 0.6) is 17.4 Å². The van der Waals surface area contributed by atoms with Gasteiger partial charge in [0, 0.05) is 30.3 Å². The molecule has 0 N–H and O–H groups in total. The molecule has 4 rings (SSSR count). The fourth-order valence-electron chi connectivity index (χ4n) is 3.76. The first-order valence-electron chi connectivity index (χ1n) is 10.5. The predicted octanol–water partition coefficient (Wildman–Crippen LogP) is 3.91. The second kappa shape index (κ2) is 9.34. The smallest absolute Gasteiger partial charge is 0.221 e. The fourth-order valence-corrected chi connectivity index (χ4v) is 3.76. The van der Waals surface area contributed by atoms with Crippen molar-refractivity contribution in [3.05, 3.63) is 36.0 Å². The van der Waals surface area contributed by atoms with Gasteiger partial charge in [0.1, 0.15) is 6.61 Å². The molecule has 0 aliphatic carbocycles. The van der Waals surface area contributed by atoms with E-state index in [1.807, 2.05) is 18.2 Å². The molecule has 2 aliphatic heterocycles. The van der Waals surface area contributed by atoms with Gasteiger partial charge in [0.05, 0.1) is 19.9 Å². The lowest BCUT2D eigenvalue weighted by Gasteiger charge is -2.31. The predicted molar refractivity (Wildman–Crippen MR) is 115 cm³/mol. The van der Waals surface area contributed by atoms with Crippen molar-refractivity contribution in [3.8, 4) is 28.5 Å². The summed E-state index contributed by atoms with van der Waals surface area (Å²) in [5, 5.41) is 4.13. The van der Waals surface area contributed by atoms with Crippen LogP contribution in [-0.4, -0.2) is 55.6 Å². The Kier molecular flexibility index (Phi) is 6.38. The number of oxime groups is 1. The van der Waals surface area contributed by atoms with E-state index in [0.29, 0.717) is 18.2 Å². The largest absolute Gasteiger partial charge is 0.493 e. The van der Waals surface area contributed by atoms with E-state index in [4.69, 9.17) is 19.0 Å². The van der Waals surface area contributed by atoms with Gasteiger partial charge >= 0.3 is 0 Å². The van der Waals surface area contributed by atoms with Gasteiger partial charge < -0.3 is 19.0 Å². The highest BCUT2D eigenvalue weighted by Gasteiger charge is 2.24. The number of hydrogen-bond donors (Lipinski definition) is 0. The highest BCUT2D eigenvalue weighted by Crippen LogP contribution is 2.40. The molecule has 0 bridgehead atoms. The maximum Gasteiger partial charge on any atom is 0.221 e. The van der Waals surface area contributed by atoms with Crippen LogP contribution >= 0.6 is 0 Å². The monoisotopic (exact) mass is 411 g/mol. The van der Waals surface area contributed by atoms with Gasteiger partial charge in [-0.15, -0.1) is 0 Å². The number of benzene rings is 1. The topological polar surface area (TPSA) is 65.4 Å². The van der Waals surface area contributed by atoms with Crippen molar-refractivity contribution in [2.45, 2.75) is 38.8 Å². The van der Waals surface area contributed by atoms with E-state index in [2.05, 4.69) is 28.0 Å². The molecule has 1 aromatic carbocycles. The van der Waals surface area contributed by atoms with E-state index >= 15 is 0 Å². The number of nitrogens with zero attached hydrogens (tertiary/aromatic N) is 3. The molecule has 1 aromatic heterocycles. The minimum absolute atomic E-state index is 0.0559. The Morgan fingerprint density at radius 2 is 2.07 bits per heavy atom. The van der Waals surface area contributed by atoms with Crippen molar-refractivity contribution >= 4 is 5.71 Å². The summed E-state index contributed by atoms with van der Waals surface area (Å²) >= 11 is 0. The first-order chi connectivity index (χ1) is 14.7. The number of ether oxygens (including phenoxy) is 3. The molecule has 0 radical (unpaired) electrons. The lowest BCUT2D eigenvalue weighted by molar-refractivity contribution is 0.0455. The summed E-state index contributed by atoms with van der Waals surface area (Å²) in [6.45, 7) is 5.53. The quantitative estimate of drug-likeness (QED) is 0.623. The number of rotatable bonds is 9. The molecule has 2 aliphatic rings. The van der Waals surface area contributed by atoms with E-state index in [9.17, 15) is 0 Å². The first kappa shape index (κ1) is 20.5. The standard InChI is InChI=1S/C23H29N3O4/c1-4-18-13-19(30-25-18)15-29-22-17(14-26-9-6-10-26)11-16(12-21(22)27-2)20-7-5-8-24-23(20)28-3/h5,7-8,11-12,19H,4,6,9-10,13-15H2,1-3H3. The van der Waals surface area contributed by atoms with Crippen molar-refractivity contribution in [1.82, 2.24) is 9.88 Å². The van der Waals surface area contributed by atoms with Gasteiger partial charge in [-0.05, 0) is 55.8 Å². The van der Waals surface area contributed by atoms with Gasteiger partial charge in [-0.1, -0.05) is 12.1 Å². The molecular formula is C23H29N3O4. The van der Waals surface area contributed by atoms with Gasteiger partial charge in [-0.25, -0.2) is 4.98 Å². The van der Waals surface area contributed by atoms with E-state index in [0.717, 1.165) is 60.6 Å². The normalized spacial score (nSPS) is 18.4. The number of aromatic nitrogens is 1. The van der Waals surface area contributed by atoms with Crippen LogP contribution in [0, 0.1) is 0 Å². The molecule has 0 amide bonds. The van der Waals surface area contributed by atoms with Crippen molar-refractivity contribution in [2.75, 3.05) is 33.9 Å². The minimum Gasteiger partial charge on any atom is -0.493 e. The Labute approximate surface area is 177 Å². The highest BCUT2D eigenvalue weighted by atomic mass is 16.7. The Hall–Kier alpha value is -2.80. The molecule has 1 saturated heterocycles. The molecule has 2 aromatic rings. The molecule has 0 spiro atoms. The average molecular weight is 412 g/mol. The average Bonchev–Trinajstić information content (AvgIpc) is 3.22. The second-order valence-corrected chi connectivity index (χ2v) is 7.61. The van der Waals surface area contributed by atoms with Gasteiger partial charge in [0.15, 0.2) is 17.6 Å². The summed E-state index contributed by atoms with van der Waals surface area (Å²) in [5.41, 5.74) is 4.09. The summed E-state index contributed by atoms with van der Waals surface area (Å²) in [7, 11) is 3.31. The fraction of sp³-hybridized carbons (Fsp3) is 0.478. The molecule has 1 unspecified atom stereocenters. The number of pyridine rings is 1. The van der Waals surface area contributed by atoms with Crippen molar-refractivity contribution in [2.24, 2.45) is 5.16 Å². The van der Waals surface area contributed by atoms with E-state index in [1.54, 1.807) is 20.4 Å². The number of hydrogen-bond acceptors (Lipinski definition) is 7. The molecule has 7 heteroatoms. The summed E-state index contributed by atoms with van der Waals surface area (Å²) in [6, 6.07) is 8.05. The van der Waals surface area contributed by atoms with Crippen molar-refractivity contribution < 1.29 is 19.0 Å². The van der Waals surface area contributed by atoms with E-state index < -0.39 is 0 Å². The van der Waals surface area contributed by atoms with Crippen LogP contribution in [-0.2, 0) is 11.4 Å². The van der Waals surface area contributed by atoms with Gasteiger partial charge in [0.2, 0.25) is 5.88 Å². The molecule has 0 saturated carbocycles. The molecule has 7 nitrogen and oxygen atoms in total. The Morgan fingerprint density at radius 3 is 2.73 bits per heavy atom. The lowest BCUT2D eigenvalue weighted by Crippen LogP contribution is -2.36. The van der Waals surface area contributed by atoms with E-state index in [1.165, 1.54) is 6.42 Å². The molecule has 1 fully saturated rings. The Bertz CT molecular complexity index is 911.